The predicted molar refractivity (Wildman–Crippen MR) is 246 cm³/mol. The molecule has 12 aromatic rings. The molecule has 2 nitrogen and oxygen atoms in total. The monoisotopic (exact) mass is 742 g/mol. The van der Waals surface area contributed by atoms with Crippen molar-refractivity contribution in [1.29, 1.82) is 0 Å². The second-order valence-corrected chi connectivity index (χ2v) is 16.0. The van der Waals surface area contributed by atoms with E-state index in [9.17, 15) is 0 Å². The molecule has 9 aromatic carbocycles. The van der Waals surface area contributed by atoms with Crippen LogP contribution in [-0.2, 0) is 0 Å². The van der Waals surface area contributed by atoms with E-state index in [2.05, 4.69) is 215 Å². The van der Waals surface area contributed by atoms with Gasteiger partial charge in [0.15, 0.2) is 0 Å². The Morgan fingerprint density at radius 3 is 1.35 bits per heavy atom. The quantitative estimate of drug-likeness (QED) is 0.171. The van der Waals surface area contributed by atoms with Gasteiger partial charge in [0.2, 0.25) is 0 Å². The zero-order chi connectivity index (χ0) is 37.5. The van der Waals surface area contributed by atoms with Crippen LogP contribution in [0.3, 0.4) is 0 Å². The molecule has 12 rings (SSSR count). The van der Waals surface area contributed by atoms with Gasteiger partial charge in [0, 0.05) is 53.1 Å². The molecule has 0 amide bonds. The minimum Gasteiger partial charge on any atom is -0.309 e. The number of nitrogens with zero attached hydrogens (tertiary/aromatic N) is 2. The third-order valence-corrected chi connectivity index (χ3v) is 12.9. The SMILES string of the molecule is c1ccc(-n2c3ccc(-c4ccc(-n5c6ccccc6c6ccccc6c6ccccc6c6ccccc65)cc4)cc3c3cc4c(cc32)sc2ccccc24)cc1. The predicted octanol–water partition coefficient (Wildman–Crippen LogP) is 15.3. The number of para-hydroxylation sites is 3. The van der Waals surface area contributed by atoms with Crippen LogP contribution in [0.1, 0.15) is 0 Å². The Labute approximate surface area is 333 Å². The smallest absolute Gasteiger partial charge is 0.0555 e. The van der Waals surface area contributed by atoms with E-state index < -0.39 is 0 Å². The maximum absolute atomic E-state index is 2.44. The zero-order valence-corrected chi connectivity index (χ0v) is 31.7. The van der Waals surface area contributed by atoms with Gasteiger partial charge in [-0.2, -0.15) is 0 Å². The third-order valence-electron chi connectivity index (χ3n) is 11.8. The summed E-state index contributed by atoms with van der Waals surface area (Å²) >= 11 is 1.87. The number of rotatable bonds is 3. The maximum atomic E-state index is 2.44. The number of benzene rings is 9. The molecule has 266 valence electrons. The minimum atomic E-state index is 1.11. The lowest BCUT2D eigenvalue weighted by molar-refractivity contribution is 1.17. The van der Waals surface area contributed by atoms with Crippen molar-refractivity contribution < 1.29 is 0 Å². The molecule has 0 N–H and O–H groups in total. The molecule has 0 aliphatic heterocycles. The molecule has 0 atom stereocenters. The molecular weight excluding hydrogens is 709 g/mol. The highest BCUT2D eigenvalue weighted by atomic mass is 32.1. The van der Waals surface area contributed by atoms with Gasteiger partial charge >= 0.3 is 0 Å². The summed E-state index contributed by atoms with van der Waals surface area (Å²) in [6, 6.07) is 75.8. The molecule has 0 saturated heterocycles. The van der Waals surface area contributed by atoms with Crippen LogP contribution >= 0.6 is 11.3 Å². The fraction of sp³-hybridized carbons (Fsp3) is 0. The van der Waals surface area contributed by atoms with Crippen molar-refractivity contribution in [3.8, 4) is 22.5 Å². The number of hydrogen-bond donors (Lipinski definition) is 0. The van der Waals surface area contributed by atoms with Crippen LogP contribution in [0.15, 0.2) is 206 Å². The maximum Gasteiger partial charge on any atom is 0.0555 e. The molecule has 57 heavy (non-hydrogen) atoms. The van der Waals surface area contributed by atoms with Gasteiger partial charge < -0.3 is 9.13 Å². The zero-order valence-electron chi connectivity index (χ0n) is 30.9. The van der Waals surface area contributed by atoms with Crippen molar-refractivity contribution in [3.63, 3.8) is 0 Å². The fourth-order valence-corrected chi connectivity index (χ4v) is 10.3. The first-order valence-corrected chi connectivity index (χ1v) is 20.3. The van der Waals surface area contributed by atoms with Gasteiger partial charge in [0.1, 0.15) is 0 Å². The van der Waals surface area contributed by atoms with Gasteiger partial charge in [-0.05, 0) is 99.4 Å². The van der Waals surface area contributed by atoms with Crippen LogP contribution in [0.2, 0.25) is 0 Å². The van der Waals surface area contributed by atoms with Crippen LogP contribution < -0.4 is 0 Å². The van der Waals surface area contributed by atoms with Crippen molar-refractivity contribution >= 4 is 96.7 Å². The van der Waals surface area contributed by atoms with Crippen LogP contribution in [0.25, 0.3) is 108 Å². The lowest BCUT2D eigenvalue weighted by atomic mass is 10.0. The second-order valence-electron chi connectivity index (χ2n) is 14.9. The van der Waals surface area contributed by atoms with Crippen molar-refractivity contribution in [2.24, 2.45) is 0 Å². The van der Waals surface area contributed by atoms with E-state index in [1.165, 1.54) is 91.1 Å². The van der Waals surface area contributed by atoms with E-state index in [1.807, 2.05) is 11.3 Å². The first kappa shape index (κ1) is 32.1. The highest BCUT2D eigenvalue weighted by molar-refractivity contribution is 7.25. The van der Waals surface area contributed by atoms with Crippen LogP contribution in [0.5, 0.6) is 0 Å². The fourth-order valence-electron chi connectivity index (χ4n) is 9.18. The third kappa shape index (κ3) is 4.96. The summed E-state index contributed by atoms with van der Waals surface area (Å²) in [6.07, 6.45) is 0. The van der Waals surface area contributed by atoms with Crippen molar-refractivity contribution in [1.82, 2.24) is 9.13 Å². The largest absolute Gasteiger partial charge is 0.309 e. The highest BCUT2D eigenvalue weighted by Crippen LogP contribution is 2.42. The number of hydrogen-bond acceptors (Lipinski definition) is 1. The number of fused-ring (bicyclic) bond motifs is 13. The van der Waals surface area contributed by atoms with E-state index in [-0.39, 0.29) is 0 Å². The first-order valence-electron chi connectivity index (χ1n) is 19.5. The summed E-state index contributed by atoms with van der Waals surface area (Å²) in [7, 11) is 0. The van der Waals surface area contributed by atoms with E-state index >= 15 is 0 Å². The molecule has 3 heterocycles. The van der Waals surface area contributed by atoms with Crippen molar-refractivity contribution in [3.05, 3.63) is 206 Å². The van der Waals surface area contributed by atoms with Crippen molar-refractivity contribution in [2.75, 3.05) is 0 Å². The van der Waals surface area contributed by atoms with E-state index in [0.29, 0.717) is 0 Å². The van der Waals surface area contributed by atoms with Crippen LogP contribution in [0.4, 0.5) is 0 Å². The summed E-state index contributed by atoms with van der Waals surface area (Å²) in [6.45, 7) is 0. The summed E-state index contributed by atoms with van der Waals surface area (Å²) in [5, 5.41) is 12.5. The Morgan fingerprint density at radius 1 is 0.246 bits per heavy atom. The lowest BCUT2D eigenvalue weighted by Crippen LogP contribution is -1.97. The van der Waals surface area contributed by atoms with Gasteiger partial charge in [0.25, 0.3) is 0 Å². The normalized spacial score (nSPS) is 11.9. The molecule has 3 heteroatoms. The Kier molecular flexibility index (Phi) is 7.13. The molecule has 0 aliphatic carbocycles. The molecule has 0 saturated carbocycles. The van der Waals surface area contributed by atoms with E-state index in [1.54, 1.807) is 0 Å². The average Bonchev–Trinajstić information content (AvgIpc) is 3.81. The Bertz CT molecular complexity index is 3520. The van der Waals surface area contributed by atoms with Gasteiger partial charge in [-0.15, -0.1) is 11.3 Å². The van der Waals surface area contributed by atoms with E-state index in [4.69, 9.17) is 0 Å². The molecule has 3 aromatic heterocycles. The first-order chi connectivity index (χ1) is 28.3. The molecule has 0 spiro atoms. The molecule has 0 bridgehead atoms. The second kappa shape index (κ2) is 12.7. The Morgan fingerprint density at radius 2 is 0.702 bits per heavy atom. The number of thiophene rings is 1. The van der Waals surface area contributed by atoms with Crippen molar-refractivity contribution in [2.45, 2.75) is 0 Å². The average molecular weight is 743 g/mol. The van der Waals surface area contributed by atoms with E-state index in [0.717, 1.165) is 16.7 Å². The van der Waals surface area contributed by atoms with Crippen LogP contribution in [0, 0.1) is 0 Å². The minimum absolute atomic E-state index is 1.11. The molecule has 0 radical (unpaired) electrons. The standard InChI is InChI=1S/C54H34N2S/c1-2-14-37(15-3-1)56-51-31-28-36(32-46(51)47-33-48-45-22-10-13-25-53(45)57-54(48)34-52(47)56)35-26-29-38(30-27-35)55-49-23-11-8-20-43(49)41-18-6-4-16-39(41)40-17-5-7-19-42(40)44-21-9-12-24-50(44)55/h1-34H. The Balaban J connectivity index is 1.10. The summed E-state index contributed by atoms with van der Waals surface area (Å²) in [4.78, 5) is 0. The summed E-state index contributed by atoms with van der Waals surface area (Å²) in [5.41, 5.74) is 9.42. The molecule has 0 unspecified atom stereocenters. The molecule has 0 aliphatic rings. The summed E-state index contributed by atoms with van der Waals surface area (Å²) in [5.74, 6) is 0. The van der Waals surface area contributed by atoms with Gasteiger partial charge in [-0.3, -0.25) is 0 Å². The topological polar surface area (TPSA) is 9.86 Å². The van der Waals surface area contributed by atoms with Gasteiger partial charge in [-0.25, -0.2) is 0 Å². The van der Waals surface area contributed by atoms with Gasteiger partial charge in [-0.1, -0.05) is 140 Å². The van der Waals surface area contributed by atoms with Crippen LogP contribution in [-0.4, -0.2) is 9.13 Å². The highest BCUT2D eigenvalue weighted by Gasteiger charge is 2.17. The summed E-state index contributed by atoms with van der Waals surface area (Å²) < 4.78 is 7.51. The number of aromatic nitrogens is 2. The lowest BCUT2D eigenvalue weighted by Gasteiger charge is -2.14. The molecule has 0 fully saturated rings. The molecular formula is C54H34N2S. The Hall–Kier alpha value is -7.20. The van der Waals surface area contributed by atoms with Gasteiger partial charge in [0.05, 0.1) is 22.1 Å².